The number of hydrogen-bond acceptors (Lipinski definition) is 9. The van der Waals surface area contributed by atoms with E-state index in [-0.39, 0.29) is 29.3 Å². The van der Waals surface area contributed by atoms with Gasteiger partial charge in [-0.2, -0.15) is 8.78 Å². The van der Waals surface area contributed by atoms with Crippen LogP contribution in [0.15, 0.2) is 71.3 Å². The van der Waals surface area contributed by atoms with E-state index in [1.807, 2.05) is 49.1 Å². The van der Waals surface area contributed by atoms with Crippen molar-refractivity contribution < 1.29 is 22.8 Å². The Labute approximate surface area is 250 Å². The van der Waals surface area contributed by atoms with E-state index in [1.54, 1.807) is 35.2 Å². The molecule has 226 valence electrons. The largest absolute Gasteiger partial charge is 0.436 e. The molecule has 0 unspecified atom stereocenters. The first-order valence-corrected chi connectivity index (χ1v) is 14.1. The molecule has 0 aliphatic carbocycles. The molecule has 1 saturated heterocycles. The van der Waals surface area contributed by atoms with Gasteiger partial charge in [0, 0.05) is 49.5 Å². The Bertz CT molecular complexity index is 1780. The van der Waals surface area contributed by atoms with Gasteiger partial charge in [-0.05, 0) is 41.1 Å². The quantitative estimate of drug-likeness (QED) is 0.274. The zero-order valence-electron chi connectivity index (χ0n) is 24.0. The molecule has 1 aliphatic rings. The van der Waals surface area contributed by atoms with E-state index in [1.165, 1.54) is 6.20 Å². The summed E-state index contributed by atoms with van der Waals surface area (Å²) in [6, 6.07) is 17.4. The zero-order valence-corrected chi connectivity index (χ0v) is 24.0. The van der Waals surface area contributed by atoms with Crippen LogP contribution in [0.2, 0.25) is 0 Å². The number of anilines is 1. The lowest BCUT2D eigenvalue weighted by Crippen LogP contribution is -2.50. The van der Waals surface area contributed by atoms with Crippen LogP contribution in [-0.4, -0.2) is 78.0 Å². The van der Waals surface area contributed by atoms with Gasteiger partial charge in [0.2, 0.25) is 11.8 Å². The minimum Gasteiger partial charge on any atom is -0.436 e. The first-order chi connectivity index (χ1) is 21.3. The Morgan fingerprint density at radius 2 is 1.75 bits per heavy atom. The van der Waals surface area contributed by atoms with E-state index in [9.17, 15) is 18.4 Å². The number of tetrazole rings is 1. The van der Waals surface area contributed by atoms with Crippen LogP contribution in [0, 0.1) is 5.92 Å². The maximum absolute atomic E-state index is 13.5. The molecule has 0 saturated carbocycles. The van der Waals surface area contributed by atoms with Gasteiger partial charge in [0.1, 0.15) is 11.2 Å². The minimum absolute atomic E-state index is 0.0991. The number of benzene rings is 2. The van der Waals surface area contributed by atoms with Crippen LogP contribution < -0.4 is 5.32 Å². The number of nitrogens with one attached hydrogen (secondary N) is 1. The van der Waals surface area contributed by atoms with Crippen LogP contribution in [0.5, 0.6) is 0 Å². The summed E-state index contributed by atoms with van der Waals surface area (Å²) in [4.78, 5) is 38.5. The molecule has 0 spiro atoms. The molecule has 14 heteroatoms. The van der Waals surface area contributed by atoms with Crippen molar-refractivity contribution >= 4 is 28.6 Å². The van der Waals surface area contributed by atoms with Crippen molar-refractivity contribution in [2.24, 2.45) is 5.92 Å². The number of carbonyl (C=O) groups is 2. The van der Waals surface area contributed by atoms with Gasteiger partial charge < -0.3 is 14.6 Å². The van der Waals surface area contributed by atoms with Crippen molar-refractivity contribution in [3.05, 3.63) is 83.9 Å². The average molecular weight is 602 g/mol. The Morgan fingerprint density at radius 1 is 0.977 bits per heavy atom. The second kappa shape index (κ2) is 12.2. The number of alkyl halides is 2. The Kier molecular flexibility index (Phi) is 8.07. The third-order valence-electron chi connectivity index (χ3n) is 7.35. The van der Waals surface area contributed by atoms with Gasteiger partial charge in [0.05, 0.1) is 6.04 Å². The van der Waals surface area contributed by atoms with Gasteiger partial charge in [-0.25, -0.2) is 4.98 Å². The molecular formula is C30H29F2N9O3. The molecule has 1 N–H and O–H groups in total. The van der Waals surface area contributed by atoms with Crippen LogP contribution in [-0.2, 0) is 4.79 Å². The first-order valence-electron chi connectivity index (χ1n) is 14.1. The Morgan fingerprint density at radius 3 is 2.45 bits per heavy atom. The summed E-state index contributed by atoms with van der Waals surface area (Å²) >= 11 is 0. The molecule has 44 heavy (non-hydrogen) atoms. The number of nitrogens with zero attached hydrogens (tertiary/aromatic N) is 8. The third kappa shape index (κ3) is 6.01. The maximum atomic E-state index is 13.5. The summed E-state index contributed by atoms with van der Waals surface area (Å²) in [6.07, 6.45) is 1.53. The number of rotatable bonds is 8. The Hall–Kier alpha value is -5.11. The highest BCUT2D eigenvalue weighted by Gasteiger charge is 2.32. The van der Waals surface area contributed by atoms with Crippen molar-refractivity contribution in [1.82, 2.24) is 40.0 Å². The molecule has 12 nitrogen and oxygen atoms in total. The second-order valence-corrected chi connectivity index (χ2v) is 10.7. The molecule has 2 aromatic carbocycles. The summed E-state index contributed by atoms with van der Waals surface area (Å²) in [5.74, 6) is -0.0222. The monoisotopic (exact) mass is 601 g/mol. The number of pyridine rings is 1. The van der Waals surface area contributed by atoms with Crippen molar-refractivity contribution in [3.63, 3.8) is 0 Å². The lowest BCUT2D eigenvalue weighted by molar-refractivity contribution is -0.118. The second-order valence-electron chi connectivity index (χ2n) is 10.7. The summed E-state index contributed by atoms with van der Waals surface area (Å²) < 4.78 is 32.3. The zero-order chi connectivity index (χ0) is 30.8. The fourth-order valence-corrected chi connectivity index (χ4v) is 5.03. The van der Waals surface area contributed by atoms with E-state index in [0.717, 1.165) is 5.56 Å². The highest BCUT2D eigenvalue weighted by atomic mass is 19.3. The van der Waals surface area contributed by atoms with Crippen LogP contribution in [0.1, 0.15) is 48.3 Å². The number of amides is 2. The lowest BCUT2D eigenvalue weighted by Gasteiger charge is -2.38. The molecule has 1 fully saturated rings. The van der Waals surface area contributed by atoms with Crippen molar-refractivity contribution in [2.45, 2.75) is 26.4 Å². The van der Waals surface area contributed by atoms with Crippen LogP contribution in [0.25, 0.3) is 22.6 Å². The van der Waals surface area contributed by atoms with Gasteiger partial charge in [0.15, 0.2) is 11.4 Å². The molecule has 6 rings (SSSR count). The summed E-state index contributed by atoms with van der Waals surface area (Å²) in [5.41, 5.74) is 3.39. The number of oxazole rings is 1. The van der Waals surface area contributed by atoms with Crippen molar-refractivity contribution in [2.75, 3.05) is 31.5 Å². The fourth-order valence-electron chi connectivity index (χ4n) is 5.03. The normalized spacial score (nSPS) is 14.8. The number of halogens is 2. The van der Waals surface area contributed by atoms with Crippen molar-refractivity contribution in [3.8, 4) is 11.5 Å². The first kappa shape index (κ1) is 29.0. The number of hydrogen-bond donors (Lipinski definition) is 1. The molecule has 1 atom stereocenters. The van der Waals surface area contributed by atoms with Crippen LogP contribution in [0.4, 0.5) is 14.5 Å². The smallest absolute Gasteiger partial charge is 0.350 e. The molecule has 1 aliphatic heterocycles. The average Bonchev–Trinajstić information content (AvgIpc) is 3.70. The van der Waals surface area contributed by atoms with Gasteiger partial charge in [-0.1, -0.05) is 49.0 Å². The van der Waals surface area contributed by atoms with E-state index in [0.29, 0.717) is 59.2 Å². The highest BCUT2D eigenvalue weighted by Crippen LogP contribution is 2.29. The maximum Gasteiger partial charge on any atom is 0.350 e. The summed E-state index contributed by atoms with van der Waals surface area (Å²) in [7, 11) is 0. The molecule has 5 aromatic rings. The van der Waals surface area contributed by atoms with Gasteiger partial charge in [0.25, 0.3) is 5.91 Å². The van der Waals surface area contributed by atoms with Crippen LogP contribution >= 0.6 is 0 Å². The third-order valence-corrected chi connectivity index (χ3v) is 7.35. The molecule has 2 amide bonds. The summed E-state index contributed by atoms with van der Waals surface area (Å²) in [6.45, 7) is 2.40. The number of fused-ring (bicyclic) bond motifs is 1. The standard InChI is InChI=1S/C30H29F2N9O3/c1-18(2)27(42)34-21-8-9-24-22(17-21)35-28(44-24)20-10-11-33-23(16-20)29(43)40-14-12-39(13-15-40)25(19-6-4-3-5-7-19)26-36-38-41(37-26)30(31)32/h3-11,16-18,25,30H,12-15H2,1-2H3,(H,34,42)/t25-/m1/s1. The topological polar surface area (TPSA) is 135 Å². The Balaban J connectivity index is 1.16. The van der Waals surface area contributed by atoms with Crippen LogP contribution in [0.3, 0.4) is 0 Å². The molecular weight excluding hydrogens is 572 g/mol. The van der Waals surface area contributed by atoms with E-state index < -0.39 is 12.6 Å². The number of piperazine rings is 1. The van der Waals surface area contributed by atoms with Gasteiger partial charge in [-0.15, -0.1) is 10.2 Å². The molecule has 0 bridgehead atoms. The predicted octanol–water partition coefficient (Wildman–Crippen LogP) is 4.41. The highest BCUT2D eigenvalue weighted by molar-refractivity contribution is 5.95. The number of aromatic nitrogens is 6. The van der Waals surface area contributed by atoms with Gasteiger partial charge in [-0.3, -0.25) is 19.5 Å². The summed E-state index contributed by atoms with van der Waals surface area (Å²) in [5, 5.41) is 14.2. The number of carbonyl (C=O) groups excluding carboxylic acids is 2. The molecule has 4 heterocycles. The van der Waals surface area contributed by atoms with E-state index >= 15 is 0 Å². The molecule has 0 radical (unpaired) electrons. The predicted molar refractivity (Wildman–Crippen MR) is 156 cm³/mol. The van der Waals surface area contributed by atoms with E-state index in [4.69, 9.17) is 4.42 Å². The molecule has 3 aromatic heterocycles. The fraction of sp³-hybridized carbons (Fsp3) is 0.300. The minimum atomic E-state index is -2.89. The van der Waals surface area contributed by atoms with Crippen molar-refractivity contribution in [1.29, 1.82) is 0 Å². The lowest BCUT2D eigenvalue weighted by atomic mass is 10.0. The van der Waals surface area contributed by atoms with E-state index in [2.05, 4.69) is 30.7 Å². The van der Waals surface area contributed by atoms with Gasteiger partial charge >= 0.3 is 6.55 Å². The SMILES string of the molecule is CC(C)C(=O)Nc1ccc2oc(-c3ccnc(C(=O)N4CCN([C@H](c5ccccc5)c5nnn(C(F)F)n5)CC4)c3)nc2c1.